The number of hydrogen-bond donors (Lipinski definition) is 1. The monoisotopic (exact) mass is 303 g/mol. The lowest BCUT2D eigenvalue weighted by molar-refractivity contribution is 0.167. The quantitative estimate of drug-likeness (QED) is 0.847. The smallest absolute Gasteiger partial charge is 0.120 e. The van der Waals surface area contributed by atoms with Gasteiger partial charge < -0.3 is 10.1 Å². The molecule has 1 heterocycles. The van der Waals surface area contributed by atoms with E-state index in [0.717, 1.165) is 18.8 Å². The van der Waals surface area contributed by atoms with Gasteiger partial charge in [0.1, 0.15) is 11.9 Å². The van der Waals surface area contributed by atoms with Crippen molar-refractivity contribution in [2.45, 2.75) is 18.9 Å². The van der Waals surface area contributed by atoms with Crippen molar-refractivity contribution in [3.63, 3.8) is 0 Å². The lowest BCUT2D eigenvalue weighted by atomic mass is 10.1. The van der Waals surface area contributed by atoms with Gasteiger partial charge in [0, 0.05) is 10.1 Å². The van der Waals surface area contributed by atoms with E-state index in [-0.39, 0.29) is 0 Å². The third kappa shape index (κ3) is 2.85. The zero-order valence-electron chi connectivity index (χ0n) is 8.00. The molecule has 1 aromatic carbocycles. The predicted octanol–water partition coefficient (Wildman–Crippen LogP) is 2.42. The van der Waals surface area contributed by atoms with E-state index in [0.29, 0.717) is 6.10 Å². The van der Waals surface area contributed by atoms with E-state index in [1.165, 1.54) is 16.4 Å². The Hall–Kier alpha value is -0.290. The summed E-state index contributed by atoms with van der Waals surface area (Å²) in [5.74, 6) is 0.991. The number of piperidine rings is 1. The van der Waals surface area contributed by atoms with Gasteiger partial charge in [-0.1, -0.05) is 6.07 Å². The highest BCUT2D eigenvalue weighted by atomic mass is 127. The highest BCUT2D eigenvalue weighted by Gasteiger charge is 2.13. The SMILES string of the molecule is Ic1cccc(O[C@@H]2CCCNC2)c1. The van der Waals surface area contributed by atoms with Gasteiger partial charge >= 0.3 is 0 Å². The minimum Gasteiger partial charge on any atom is -0.489 e. The molecular formula is C11H14INO. The van der Waals surface area contributed by atoms with Crippen LogP contribution in [0.4, 0.5) is 0 Å². The van der Waals surface area contributed by atoms with E-state index in [1.54, 1.807) is 0 Å². The standard InChI is InChI=1S/C11H14INO/c12-9-3-1-4-10(7-9)14-11-5-2-6-13-8-11/h1,3-4,7,11,13H,2,5-6,8H2/t11-/m1/s1. The van der Waals surface area contributed by atoms with Gasteiger partial charge in [0.15, 0.2) is 0 Å². The number of nitrogens with one attached hydrogen (secondary N) is 1. The molecule has 0 aromatic heterocycles. The molecule has 3 heteroatoms. The molecular weight excluding hydrogens is 289 g/mol. The summed E-state index contributed by atoms with van der Waals surface area (Å²) in [6, 6.07) is 8.21. The zero-order chi connectivity index (χ0) is 9.80. The van der Waals surface area contributed by atoms with Crippen LogP contribution >= 0.6 is 22.6 Å². The molecule has 0 bridgehead atoms. The van der Waals surface area contributed by atoms with Crippen molar-refractivity contribution in [1.29, 1.82) is 0 Å². The molecule has 1 N–H and O–H groups in total. The van der Waals surface area contributed by atoms with Crippen LogP contribution in [0.2, 0.25) is 0 Å². The number of rotatable bonds is 2. The summed E-state index contributed by atoms with van der Waals surface area (Å²) in [6.07, 6.45) is 2.73. The summed E-state index contributed by atoms with van der Waals surface area (Å²) < 4.78 is 7.09. The third-order valence-corrected chi connectivity index (χ3v) is 3.02. The Labute approximate surface area is 98.2 Å². The maximum Gasteiger partial charge on any atom is 0.120 e. The van der Waals surface area contributed by atoms with Crippen molar-refractivity contribution in [3.8, 4) is 5.75 Å². The average molecular weight is 303 g/mol. The topological polar surface area (TPSA) is 21.3 Å². The molecule has 0 radical (unpaired) electrons. The first-order chi connectivity index (χ1) is 6.84. The molecule has 0 aliphatic carbocycles. The Morgan fingerprint density at radius 3 is 3.07 bits per heavy atom. The van der Waals surface area contributed by atoms with E-state index in [4.69, 9.17) is 4.74 Å². The van der Waals surface area contributed by atoms with Crippen molar-refractivity contribution < 1.29 is 4.74 Å². The van der Waals surface area contributed by atoms with Gasteiger partial charge in [0.25, 0.3) is 0 Å². The average Bonchev–Trinajstić information content (AvgIpc) is 2.19. The fourth-order valence-electron chi connectivity index (χ4n) is 1.65. The van der Waals surface area contributed by atoms with Gasteiger partial charge in [-0.05, 0) is 60.2 Å². The van der Waals surface area contributed by atoms with Crippen LogP contribution in [-0.2, 0) is 0 Å². The lowest BCUT2D eigenvalue weighted by Crippen LogP contribution is -2.37. The Balaban J connectivity index is 1.95. The Morgan fingerprint density at radius 1 is 1.43 bits per heavy atom. The van der Waals surface area contributed by atoms with Crippen LogP contribution in [-0.4, -0.2) is 19.2 Å². The number of hydrogen-bond acceptors (Lipinski definition) is 2. The third-order valence-electron chi connectivity index (χ3n) is 2.35. The second-order valence-corrected chi connectivity index (χ2v) is 4.79. The van der Waals surface area contributed by atoms with Crippen LogP contribution in [0.3, 0.4) is 0 Å². The molecule has 1 fully saturated rings. The van der Waals surface area contributed by atoms with E-state index in [1.807, 2.05) is 12.1 Å². The Bertz CT molecular complexity index is 297. The highest BCUT2D eigenvalue weighted by molar-refractivity contribution is 14.1. The van der Waals surface area contributed by atoms with Crippen molar-refractivity contribution in [3.05, 3.63) is 27.8 Å². The van der Waals surface area contributed by atoms with E-state index in [9.17, 15) is 0 Å². The molecule has 0 spiro atoms. The molecule has 1 aliphatic heterocycles. The largest absolute Gasteiger partial charge is 0.489 e. The molecule has 1 aliphatic rings. The van der Waals surface area contributed by atoms with E-state index in [2.05, 4.69) is 40.0 Å². The number of ether oxygens (including phenoxy) is 1. The van der Waals surface area contributed by atoms with Gasteiger partial charge in [-0.2, -0.15) is 0 Å². The van der Waals surface area contributed by atoms with Crippen LogP contribution in [0.1, 0.15) is 12.8 Å². The minimum atomic E-state index is 0.349. The Morgan fingerprint density at radius 2 is 2.36 bits per heavy atom. The van der Waals surface area contributed by atoms with Crippen LogP contribution in [0.5, 0.6) is 5.75 Å². The molecule has 1 atom stereocenters. The number of halogens is 1. The fraction of sp³-hybridized carbons (Fsp3) is 0.455. The molecule has 0 unspecified atom stereocenters. The molecule has 14 heavy (non-hydrogen) atoms. The molecule has 1 saturated heterocycles. The molecule has 0 amide bonds. The van der Waals surface area contributed by atoms with Crippen molar-refractivity contribution in [1.82, 2.24) is 5.32 Å². The van der Waals surface area contributed by atoms with E-state index < -0.39 is 0 Å². The first-order valence-electron chi connectivity index (χ1n) is 4.97. The van der Waals surface area contributed by atoms with Gasteiger partial charge in [0.05, 0.1) is 0 Å². The maximum atomic E-state index is 5.87. The normalized spacial score (nSPS) is 21.9. The summed E-state index contributed by atoms with van der Waals surface area (Å²) in [5, 5.41) is 3.34. The molecule has 76 valence electrons. The number of benzene rings is 1. The second kappa shape index (κ2) is 4.98. The molecule has 1 aromatic rings. The fourth-order valence-corrected chi connectivity index (χ4v) is 2.17. The van der Waals surface area contributed by atoms with Crippen LogP contribution in [0, 0.1) is 3.57 Å². The molecule has 2 rings (SSSR count). The summed E-state index contributed by atoms with van der Waals surface area (Å²) in [6.45, 7) is 2.11. The van der Waals surface area contributed by atoms with Gasteiger partial charge in [-0.25, -0.2) is 0 Å². The summed E-state index contributed by atoms with van der Waals surface area (Å²) in [4.78, 5) is 0. The Kier molecular flexibility index (Phi) is 3.64. The summed E-state index contributed by atoms with van der Waals surface area (Å²) >= 11 is 2.30. The van der Waals surface area contributed by atoms with Crippen LogP contribution < -0.4 is 10.1 Å². The van der Waals surface area contributed by atoms with E-state index >= 15 is 0 Å². The zero-order valence-corrected chi connectivity index (χ0v) is 10.2. The van der Waals surface area contributed by atoms with Crippen molar-refractivity contribution in [2.75, 3.05) is 13.1 Å². The van der Waals surface area contributed by atoms with Gasteiger partial charge in [0.2, 0.25) is 0 Å². The van der Waals surface area contributed by atoms with Crippen LogP contribution in [0.15, 0.2) is 24.3 Å². The highest BCUT2D eigenvalue weighted by Crippen LogP contribution is 2.18. The lowest BCUT2D eigenvalue weighted by Gasteiger charge is -2.23. The summed E-state index contributed by atoms with van der Waals surface area (Å²) in [5.41, 5.74) is 0. The first kappa shape index (κ1) is 10.2. The van der Waals surface area contributed by atoms with Crippen LogP contribution in [0.25, 0.3) is 0 Å². The second-order valence-electron chi connectivity index (χ2n) is 3.54. The van der Waals surface area contributed by atoms with Gasteiger partial charge in [-0.15, -0.1) is 0 Å². The van der Waals surface area contributed by atoms with Crippen molar-refractivity contribution in [2.24, 2.45) is 0 Å². The molecule has 2 nitrogen and oxygen atoms in total. The van der Waals surface area contributed by atoms with Gasteiger partial charge in [-0.3, -0.25) is 0 Å². The summed E-state index contributed by atoms with van der Waals surface area (Å²) in [7, 11) is 0. The minimum absolute atomic E-state index is 0.349. The first-order valence-corrected chi connectivity index (χ1v) is 6.05. The van der Waals surface area contributed by atoms with Crippen molar-refractivity contribution >= 4 is 22.6 Å². The molecule has 0 saturated carbocycles. The predicted molar refractivity (Wildman–Crippen MR) is 65.7 cm³/mol. The maximum absolute atomic E-state index is 5.87.